The van der Waals surface area contributed by atoms with Crippen molar-refractivity contribution < 1.29 is 4.52 Å². The van der Waals surface area contributed by atoms with E-state index >= 15 is 0 Å². The Bertz CT molecular complexity index is 151. The molecule has 0 aromatic heterocycles. The number of hydrogen-bond donors (Lipinski definition) is 0. The molecule has 0 aliphatic heterocycles. The van der Waals surface area contributed by atoms with Gasteiger partial charge in [0.1, 0.15) is 8.30 Å². The van der Waals surface area contributed by atoms with Crippen molar-refractivity contribution in [1.82, 2.24) is 4.67 Å². The van der Waals surface area contributed by atoms with Crippen LogP contribution in [0.4, 0.5) is 0 Å². The summed E-state index contributed by atoms with van der Waals surface area (Å²) in [6.45, 7) is 15.4. The zero-order valence-electron chi connectivity index (χ0n) is 10.2. The number of hydrogen-bond acceptors (Lipinski definition) is 2. The second kappa shape index (κ2) is 7.39. The van der Waals surface area contributed by atoms with Crippen LogP contribution in [0, 0.1) is 0 Å². The third-order valence-electron chi connectivity index (χ3n) is 1.93. The van der Waals surface area contributed by atoms with E-state index < -0.39 is 8.30 Å². The molecular formula is C11H24NOP. The van der Waals surface area contributed by atoms with E-state index in [9.17, 15) is 0 Å². The summed E-state index contributed by atoms with van der Waals surface area (Å²) in [5.74, 6) is 0. The van der Waals surface area contributed by atoms with Crippen LogP contribution < -0.4 is 0 Å². The van der Waals surface area contributed by atoms with Gasteiger partial charge in [0.25, 0.3) is 0 Å². The lowest BCUT2D eigenvalue weighted by Gasteiger charge is -2.36. The first-order valence-corrected chi connectivity index (χ1v) is 6.73. The van der Waals surface area contributed by atoms with Crippen LogP contribution in [0.15, 0.2) is 12.7 Å². The molecule has 0 aliphatic carbocycles. The Morgan fingerprint density at radius 3 is 2.07 bits per heavy atom. The van der Waals surface area contributed by atoms with Crippen LogP contribution in [0.5, 0.6) is 0 Å². The molecule has 84 valence electrons. The third-order valence-corrected chi connectivity index (χ3v) is 4.35. The molecule has 0 saturated carbocycles. The van der Waals surface area contributed by atoms with Crippen molar-refractivity contribution in [3.8, 4) is 0 Å². The number of nitrogens with zero attached hydrogens (tertiary/aromatic N) is 1. The standard InChI is InChI=1S/C11H24NOP/c1-7-9-13-14(8-2)12(10(3)4)11(5)6/h7,10-11H,1,8-9H2,2-6H3. The van der Waals surface area contributed by atoms with Crippen molar-refractivity contribution in [2.45, 2.75) is 46.7 Å². The van der Waals surface area contributed by atoms with Gasteiger partial charge < -0.3 is 4.52 Å². The van der Waals surface area contributed by atoms with Crippen molar-refractivity contribution in [1.29, 1.82) is 0 Å². The first kappa shape index (κ1) is 14.1. The monoisotopic (exact) mass is 217 g/mol. The molecule has 0 radical (unpaired) electrons. The van der Waals surface area contributed by atoms with Gasteiger partial charge in [-0.1, -0.05) is 13.0 Å². The van der Waals surface area contributed by atoms with Gasteiger partial charge in [0.05, 0.1) is 6.61 Å². The first-order valence-electron chi connectivity index (χ1n) is 5.34. The lowest BCUT2D eigenvalue weighted by Crippen LogP contribution is -2.33. The third kappa shape index (κ3) is 4.54. The highest BCUT2D eigenvalue weighted by Crippen LogP contribution is 2.44. The van der Waals surface area contributed by atoms with Crippen LogP contribution in [0.25, 0.3) is 0 Å². The summed E-state index contributed by atoms with van der Waals surface area (Å²) in [7, 11) is -0.445. The average Bonchev–Trinajstić information content (AvgIpc) is 2.10. The van der Waals surface area contributed by atoms with Gasteiger partial charge in [-0.05, 0) is 27.7 Å². The summed E-state index contributed by atoms with van der Waals surface area (Å²) < 4.78 is 8.26. The Morgan fingerprint density at radius 1 is 1.29 bits per heavy atom. The van der Waals surface area contributed by atoms with E-state index in [0.717, 1.165) is 6.16 Å². The summed E-state index contributed by atoms with van der Waals surface area (Å²) in [6, 6.07) is 1.09. The minimum absolute atomic E-state index is 0.445. The molecule has 14 heavy (non-hydrogen) atoms. The van der Waals surface area contributed by atoms with E-state index in [0.29, 0.717) is 18.7 Å². The molecule has 0 aromatic rings. The van der Waals surface area contributed by atoms with Crippen LogP contribution in [-0.2, 0) is 4.52 Å². The molecule has 0 aromatic carbocycles. The van der Waals surface area contributed by atoms with Gasteiger partial charge in [0, 0.05) is 18.2 Å². The molecule has 3 heteroatoms. The highest BCUT2D eigenvalue weighted by molar-refractivity contribution is 7.50. The Morgan fingerprint density at radius 2 is 1.79 bits per heavy atom. The normalized spacial score (nSPS) is 14.0. The fraction of sp³-hybridized carbons (Fsp3) is 0.818. The Balaban J connectivity index is 4.33. The maximum absolute atomic E-state index is 5.80. The molecule has 0 bridgehead atoms. The van der Waals surface area contributed by atoms with Gasteiger partial charge in [-0.2, -0.15) is 0 Å². The highest BCUT2D eigenvalue weighted by Gasteiger charge is 2.22. The summed E-state index contributed by atoms with van der Waals surface area (Å²) in [4.78, 5) is 0. The molecule has 2 nitrogen and oxygen atoms in total. The lowest BCUT2D eigenvalue weighted by molar-refractivity contribution is 0.268. The van der Waals surface area contributed by atoms with Gasteiger partial charge >= 0.3 is 0 Å². The van der Waals surface area contributed by atoms with Crippen LogP contribution in [0.2, 0.25) is 0 Å². The largest absolute Gasteiger partial charge is 0.340 e. The van der Waals surface area contributed by atoms with Crippen LogP contribution in [0.1, 0.15) is 34.6 Å². The molecule has 0 N–H and O–H groups in total. The average molecular weight is 217 g/mol. The quantitative estimate of drug-likeness (QED) is 0.477. The summed E-state index contributed by atoms with van der Waals surface area (Å²) in [5, 5.41) is 0. The second-order valence-electron chi connectivity index (χ2n) is 3.82. The molecular weight excluding hydrogens is 193 g/mol. The summed E-state index contributed by atoms with van der Waals surface area (Å²) >= 11 is 0. The summed E-state index contributed by atoms with van der Waals surface area (Å²) in [6.07, 6.45) is 2.91. The van der Waals surface area contributed by atoms with Crippen LogP contribution in [-0.4, -0.2) is 29.5 Å². The smallest absolute Gasteiger partial charge is 0.104 e. The number of rotatable bonds is 7. The Kier molecular flexibility index (Phi) is 7.44. The zero-order chi connectivity index (χ0) is 11.1. The lowest BCUT2D eigenvalue weighted by atomic mass is 10.3. The first-order chi connectivity index (χ1) is 6.54. The van der Waals surface area contributed by atoms with Crippen molar-refractivity contribution in [3.05, 3.63) is 12.7 Å². The fourth-order valence-electron chi connectivity index (χ4n) is 1.57. The second-order valence-corrected chi connectivity index (χ2v) is 5.88. The predicted octanol–water partition coefficient (Wildman–Crippen LogP) is 3.64. The molecule has 1 unspecified atom stereocenters. The summed E-state index contributed by atoms with van der Waals surface area (Å²) in [5.41, 5.74) is 0. The van der Waals surface area contributed by atoms with E-state index in [-0.39, 0.29) is 0 Å². The fourth-order valence-corrected chi connectivity index (χ4v) is 3.52. The van der Waals surface area contributed by atoms with E-state index in [2.05, 4.69) is 45.9 Å². The van der Waals surface area contributed by atoms with Crippen molar-refractivity contribution in [2.24, 2.45) is 0 Å². The topological polar surface area (TPSA) is 12.5 Å². The SMILES string of the molecule is C=CCOP(CC)N(C(C)C)C(C)C. The van der Waals surface area contributed by atoms with E-state index in [4.69, 9.17) is 4.52 Å². The van der Waals surface area contributed by atoms with E-state index in [1.54, 1.807) is 0 Å². The molecule has 1 atom stereocenters. The van der Waals surface area contributed by atoms with Crippen molar-refractivity contribution in [2.75, 3.05) is 12.8 Å². The van der Waals surface area contributed by atoms with Crippen molar-refractivity contribution >= 4 is 8.30 Å². The molecule has 0 saturated heterocycles. The minimum atomic E-state index is -0.445. The molecule has 0 rings (SSSR count). The molecule has 0 fully saturated rings. The van der Waals surface area contributed by atoms with Gasteiger partial charge in [-0.25, -0.2) is 0 Å². The highest BCUT2D eigenvalue weighted by atomic mass is 31.2. The van der Waals surface area contributed by atoms with Gasteiger partial charge in [0.2, 0.25) is 0 Å². The van der Waals surface area contributed by atoms with E-state index in [1.165, 1.54) is 0 Å². The minimum Gasteiger partial charge on any atom is -0.340 e. The Labute approximate surface area is 90.2 Å². The maximum atomic E-state index is 5.80. The van der Waals surface area contributed by atoms with E-state index in [1.807, 2.05) is 6.08 Å². The molecule has 0 spiro atoms. The predicted molar refractivity (Wildman–Crippen MR) is 65.7 cm³/mol. The van der Waals surface area contributed by atoms with Crippen LogP contribution in [0.3, 0.4) is 0 Å². The van der Waals surface area contributed by atoms with Gasteiger partial charge in [0.15, 0.2) is 0 Å². The molecule has 0 heterocycles. The maximum Gasteiger partial charge on any atom is 0.104 e. The van der Waals surface area contributed by atoms with Crippen LogP contribution >= 0.6 is 8.30 Å². The molecule has 0 amide bonds. The molecule has 0 aliphatic rings. The zero-order valence-corrected chi connectivity index (χ0v) is 11.1. The van der Waals surface area contributed by atoms with Gasteiger partial charge in [-0.15, -0.1) is 6.58 Å². The Hall–Kier alpha value is 0.0900. The van der Waals surface area contributed by atoms with Gasteiger partial charge in [-0.3, -0.25) is 4.67 Å². The van der Waals surface area contributed by atoms with Crippen molar-refractivity contribution in [3.63, 3.8) is 0 Å².